The summed E-state index contributed by atoms with van der Waals surface area (Å²) in [5.74, 6) is -0.402. The fourth-order valence-electron chi connectivity index (χ4n) is 1.67. The number of carbonyl (C=O) groups is 2. The summed E-state index contributed by atoms with van der Waals surface area (Å²) in [5.41, 5.74) is 0.669. The standard InChI is InChI=1S/C13H15N3O5S/c1-7-6-22-13(19)16(7)5-11(17)20-9(3)12(18)14-10-4-8(2)21-15-10/h4,6,9H,5H2,1-3H3,(H,14,15,18). The Balaban J connectivity index is 1.90. The molecule has 1 N–H and O–H groups in total. The number of nitrogens with one attached hydrogen (secondary N) is 1. The third-order valence-corrected chi connectivity index (χ3v) is 3.70. The summed E-state index contributed by atoms with van der Waals surface area (Å²) in [5, 5.41) is 7.72. The van der Waals surface area contributed by atoms with Crippen LogP contribution < -0.4 is 10.2 Å². The van der Waals surface area contributed by atoms with Crippen LogP contribution >= 0.6 is 11.3 Å². The first-order valence-electron chi connectivity index (χ1n) is 6.45. The summed E-state index contributed by atoms with van der Waals surface area (Å²) >= 11 is 1.00. The molecule has 0 bridgehead atoms. The highest BCUT2D eigenvalue weighted by molar-refractivity contribution is 7.07. The van der Waals surface area contributed by atoms with Crippen molar-refractivity contribution in [1.29, 1.82) is 0 Å². The Morgan fingerprint density at radius 2 is 2.23 bits per heavy atom. The maximum atomic E-state index is 11.9. The number of esters is 1. The van der Waals surface area contributed by atoms with Gasteiger partial charge in [0.2, 0.25) is 0 Å². The number of carbonyl (C=O) groups excluding carboxylic acids is 2. The highest BCUT2D eigenvalue weighted by Gasteiger charge is 2.20. The molecule has 9 heteroatoms. The number of ether oxygens (including phenoxy) is 1. The molecule has 8 nitrogen and oxygen atoms in total. The van der Waals surface area contributed by atoms with Crippen LogP contribution in [-0.2, 0) is 20.9 Å². The van der Waals surface area contributed by atoms with Gasteiger partial charge < -0.3 is 14.6 Å². The summed E-state index contributed by atoms with van der Waals surface area (Å²) in [6.07, 6.45) is -1.01. The minimum atomic E-state index is -1.01. The molecule has 2 aromatic rings. The molecule has 22 heavy (non-hydrogen) atoms. The van der Waals surface area contributed by atoms with E-state index in [1.165, 1.54) is 11.5 Å². The Hall–Kier alpha value is -2.42. The third kappa shape index (κ3) is 3.82. The lowest BCUT2D eigenvalue weighted by molar-refractivity contribution is -0.153. The Bertz CT molecular complexity index is 745. The first kappa shape index (κ1) is 16.0. The molecule has 118 valence electrons. The van der Waals surface area contributed by atoms with Crippen molar-refractivity contribution >= 4 is 29.0 Å². The zero-order valence-electron chi connectivity index (χ0n) is 12.3. The highest BCUT2D eigenvalue weighted by Crippen LogP contribution is 2.08. The topological polar surface area (TPSA) is 103 Å². The van der Waals surface area contributed by atoms with Crippen LogP contribution in [0.3, 0.4) is 0 Å². The quantitative estimate of drug-likeness (QED) is 0.825. The van der Waals surface area contributed by atoms with Gasteiger partial charge in [0.1, 0.15) is 12.3 Å². The monoisotopic (exact) mass is 325 g/mol. The minimum absolute atomic E-state index is 0.227. The average molecular weight is 325 g/mol. The zero-order chi connectivity index (χ0) is 16.3. The van der Waals surface area contributed by atoms with Crippen molar-refractivity contribution in [3.63, 3.8) is 0 Å². The summed E-state index contributed by atoms with van der Waals surface area (Å²) < 4.78 is 11.1. The van der Waals surface area contributed by atoms with E-state index in [0.29, 0.717) is 11.5 Å². The van der Waals surface area contributed by atoms with Gasteiger partial charge in [-0.15, -0.1) is 0 Å². The lowest BCUT2D eigenvalue weighted by Gasteiger charge is -2.12. The molecule has 0 saturated heterocycles. The van der Waals surface area contributed by atoms with Gasteiger partial charge in [0.15, 0.2) is 11.9 Å². The Labute approximate surface area is 129 Å². The number of thiazole rings is 1. The summed E-state index contributed by atoms with van der Waals surface area (Å²) in [6, 6.07) is 1.54. The molecule has 0 aliphatic carbocycles. The first-order chi connectivity index (χ1) is 10.4. The van der Waals surface area contributed by atoms with Crippen LogP contribution in [0.15, 0.2) is 20.8 Å². The molecule has 2 aromatic heterocycles. The predicted octanol–water partition coefficient (Wildman–Crippen LogP) is 1.09. The van der Waals surface area contributed by atoms with Gasteiger partial charge in [-0.2, -0.15) is 0 Å². The van der Waals surface area contributed by atoms with Gasteiger partial charge >= 0.3 is 10.8 Å². The van der Waals surface area contributed by atoms with Crippen LogP contribution in [0, 0.1) is 13.8 Å². The molecule has 0 spiro atoms. The number of anilines is 1. The molecule has 0 saturated carbocycles. The second-order valence-corrected chi connectivity index (χ2v) is 5.49. The second kappa shape index (κ2) is 6.56. The van der Waals surface area contributed by atoms with Crippen molar-refractivity contribution in [2.75, 3.05) is 5.32 Å². The van der Waals surface area contributed by atoms with Crippen molar-refractivity contribution in [3.8, 4) is 0 Å². The number of amides is 1. The second-order valence-electron chi connectivity index (χ2n) is 4.67. The van der Waals surface area contributed by atoms with Gasteiger partial charge in [-0.3, -0.25) is 19.0 Å². The van der Waals surface area contributed by atoms with Crippen molar-refractivity contribution in [2.24, 2.45) is 0 Å². The SMILES string of the molecule is Cc1cc(NC(=O)C(C)OC(=O)Cn2c(C)csc2=O)no1. The van der Waals surface area contributed by atoms with Gasteiger partial charge in [-0.05, 0) is 20.8 Å². The summed E-state index contributed by atoms with van der Waals surface area (Å²) in [4.78, 5) is 34.9. The van der Waals surface area contributed by atoms with E-state index in [1.54, 1.807) is 25.3 Å². The van der Waals surface area contributed by atoms with Crippen LogP contribution in [0.1, 0.15) is 18.4 Å². The average Bonchev–Trinajstić information content (AvgIpc) is 2.99. The van der Waals surface area contributed by atoms with Gasteiger partial charge in [0, 0.05) is 17.1 Å². The first-order valence-corrected chi connectivity index (χ1v) is 7.33. The van der Waals surface area contributed by atoms with Gasteiger partial charge in [-0.25, -0.2) is 0 Å². The van der Waals surface area contributed by atoms with Crippen molar-refractivity contribution in [2.45, 2.75) is 33.4 Å². The van der Waals surface area contributed by atoms with E-state index in [1.807, 2.05) is 0 Å². The fourth-order valence-corrected chi connectivity index (χ4v) is 2.40. The molecular formula is C13H15N3O5S. The molecule has 0 aliphatic rings. The molecule has 0 aliphatic heterocycles. The summed E-state index contributed by atoms with van der Waals surface area (Å²) in [7, 11) is 0. The van der Waals surface area contributed by atoms with E-state index in [9.17, 15) is 14.4 Å². The van der Waals surface area contributed by atoms with Gasteiger partial charge in [-0.1, -0.05) is 16.5 Å². The van der Waals surface area contributed by atoms with Crippen LogP contribution in [-0.4, -0.2) is 27.7 Å². The van der Waals surface area contributed by atoms with E-state index >= 15 is 0 Å². The number of hydrogen-bond donors (Lipinski definition) is 1. The van der Waals surface area contributed by atoms with Crippen molar-refractivity contribution in [3.05, 3.63) is 32.6 Å². The van der Waals surface area contributed by atoms with Gasteiger partial charge in [0.05, 0.1) is 0 Å². The van der Waals surface area contributed by atoms with Gasteiger partial charge in [0.25, 0.3) is 5.91 Å². The van der Waals surface area contributed by atoms with E-state index in [2.05, 4.69) is 10.5 Å². The Kier molecular flexibility index (Phi) is 4.76. The molecule has 1 amide bonds. The molecule has 0 aromatic carbocycles. The molecular weight excluding hydrogens is 310 g/mol. The van der Waals surface area contributed by atoms with E-state index in [0.717, 1.165) is 11.3 Å². The van der Waals surface area contributed by atoms with Crippen LogP contribution in [0.25, 0.3) is 0 Å². The number of nitrogens with zero attached hydrogens (tertiary/aromatic N) is 2. The molecule has 1 unspecified atom stereocenters. The van der Waals surface area contributed by atoms with E-state index in [4.69, 9.17) is 9.26 Å². The predicted molar refractivity (Wildman–Crippen MR) is 78.7 cm³/mol. The fraction of sp³-hybridized carbons (Fsp3) is 0.385. The third-order valence-electron chi connectivity index (χ3n) is 2.82. The molecule has 0 radical (unpaired) electrons. The van der Waals surface area contributed by atoms with E-state index < -0.39 is 18.0 Å². The maximum absolute atomic E-state index is 11.9. The van der Waals surface area contributed by atoms with Crippen LogP contribution in [0.5, 0.6) is 0 Å². The molecule has 2 heterocycles. The van der Waals surface area contributed by atoms with Crippen molar-refractivity contribution < 1.29 is 18.8 Å². The highest BCUT2D eigenvalue weighted by atomic mass is 32.1. The molecule has 1 atom stereocenters. The number of hydrogen-bond acceptors (Lipinski definition) is 7. The maximum Gasteiger partial charge on any atom is 0.326 e. The Morgan fingerprint density at radius 3 is 2.77 bits per heavy atom. The minimum Gasteiger partial charge on any atom is -0.451 e. The largest absolute Gasteiger partial charge is 0.451 e. The normalized spacial score (nSPS) is 12.0. The number of aromatic nitrogens is 2. The number of aryl methyl sites for hydroxylation is 2. The van der Waals surface area contributed by atoms with E-state index in [-0.39, 0.29) is 17.2 Å². The summed E-state index contributed by atoms with van der Waals surface area (Å²) in [6.45, 7) is 4.61. The van der Waals surface area contributed by atoms with Crippen LogP contribution in [0.4, 0.5) is 5.82 Å². The molecule has 0 fully saturated rings. The zero-order valence-corrected chi connectivity index (χ0v) is 13.1. The number of rotatable bonds is 5. The molecule has 2 rings (SSSR count). The van der Waals surface area contributed by atoms with Crippen LogP contribution in [0.2, 0.25) is 0 Å². The van der Waals surface area contributed by atoms with Crippen molar-refractivity contribution in [1.82, 2.24) is 9.72 Å². The lowest BCUT2D eigenvalue weighted by atomic mass is 10.3. The Morgan fingerprint density at radius 1 is 1.50 bits per heavy atom. The lowest BCUT2D eigenvalue weighted by Crippen LogP contribution is -2.32. The smallest absolute Gasteiger partial charge is 0.326 e.